The van der Waals surface area contributed by atoms with Crippen LogP contribution in [0.4, 0.5) is 5.82 Å². The third-order valence-corrected chi connectivity index (χ3v) is 3.09. The molecule has 2 heterocycles. The van der Waals surface area contributed by atoms with E-state index in [9.17, 15) is 9.59 Å². The molecule has 0 saturated heterocycles. The first-order valence-electron chi connectivity index (χ1n) is 6.60. The van der Waals surface area contributed by atoms with E-state index in [0.717, 1.165) is 29.8 Å². The molecule has 0 aliphatic carbocycles. The van der Waals surface area contributed by atoms with Crippen molar-refractivity contribution in [3.05, 3.63) is 26.9 Å². The maximum atomic E-state index is 12.2. The molecule has 0 bridgehead atoms. The minimum absolute atomic E-state index is 0.290. The highest BCUT2D eigenvalue weighted by Gasteiger charge is 2.13. The summed E-state index contributed by atoms with van der Waals surface area (Å²) in [7, 11) is 1.50. The SMILES string of the molecule is CC(C)Cn1c(NC2=NCCC2)cc(=O)n(C)c1=O. The van der Waals surface area contributed by atoms with Gasteiger partial charge in [-0.05, 0) is 12.3 Å². The molecule has 6 nitrogen and oxygen atoms in total. The average Bonchev–Trinajstić information content (AvgIpc) is 2.84. The molecule has 1 aliphatic heterocycles. The van der Waals surface area contributed by atoms with Crippen molar-refractivity contribution in [2.24, 2.45) is 18.0 Å². The Bertz CT molecular complexity index is 610. The van der Waals surface area contributed by atoms with Gasteiger partial charge in [-0.1, -0.05) is 13.8 Å². The molecule has 1 N–H and O–H groups in total. The summed E-state index contributed by atoms with van der Waals surface area (Å²) in [6.07, 6.45) is 1.88. The third kappa shape index (κ3) is 2.94. The second-order valence-corrected chi connectivity index (χ2v) is 5.27. The van der Waals surface area contributed by atoms with Gasteiger partial charge in [0.25, 0.3) is 5.56 Å². The Morgan fingerprint density at radius 1 is 1.42 bits per heavy atom. The van der Waals surface area contributed by atoms with Crippen molar-refractivity contribution in [2.45, 2.75) is 33.2 Å². The first-order chi connectivity index (χ1) is 8.99. The standard InChI is InChI=1S/C13H20N4O2/c1-9(2)8-17-11(15-10-5-4-6-14-10)7-12(18)16(3)13(17)19/h7,9H,4-6,8H2,1-3H3,(H,14,15). The zero-order valence-electron chi connectivity index (χ0n) is 11.6. The van der Waals surface area contributed by atoms with E-state index >= 15 is 0 Å². The molecule has 0 radical (unpaired) electrons. The van der Waals surface area contributed by atoms with Crippen molar-refractivity contribution in [1.82, 2.24) is 9.13 Å². The van der Waals surface area contributed by atoms with Gasteiger partial charge in [-0.2, -0.15) is 0 Å². The smallest absolute Gasteiger partial charge is 0.330 e. The lowest BCUT2D eigenvalue weighted by Gasteiger charge is -2.16. The van der Waals surface area contributed by atoms with Crippen molar-refractivity contribution < 1.29 is 0 Å². The van der Waals surface area contributed by atoms with Crippen LogP contribution in [0.3, 0.4) is 0 Å². The van der Waals surface area contributed by atoms with Crippen LogP contribution in [0, 0.1) is 5.92 Å². The summed E-state index contributed by atoms with van der Waals surface area (Å²) in [6.45, 7) is 5.45. The second kappa shape index (κ2) is 5.42. The quantitative estimate of drug-likeness (QED) is 0.878. The number of aliphatic imine (C=N–C) groups is 1. The van der Waals surface area contributed by atoms with Crippen molar-refractivity contribution >= 4 is 11.7 Å². The van der Waals surface area contributed by atoms with Gasteiger partial charge in [0.1, 0.15) is 11.7 Å². The minimum atomic E-state index is -0.300. The fraction of sp³-hybridized carbons (Fsp3) is 0.615. The molecule has 0 fully saturated rings. The van der Waals surface area contributed by atoms with E-state index < -0.39 is 0 Å². The molecular formula is C13H20N4O2. The molecular weight excluding hydrogens is 244 g/mol. The van der Waals surface area contributed by atoms with Crippen molar-refractivity contribution in [2.75, 3.05) is 11.9 Å². The van der Waals surface area contributed by atoms with Crippen LogP contribution in [0.1, 0.15) is 26.7 Å². The maximum absolute atomic E-state index is 12.2. The van der Waals surface area contributed by atoms with E-state index in [1.54, 1.807) is 4.57 Å². The van der Waals surface area contributed by atoms with Gasteiger partial charge in [0.05, 0.1) is 0 Å². The Morgan fingerprint density at radius 3 is 2.74 bits per heavy atom. The summed E-state index contributed by atoms with van der Waals surface area (Å²) >= 11 is 0. The summed E-state index contributed by atoms with van der Waals surface area (Å²) < 4.78 is 2.73. The van der Waals surface area contributed by atoms with Gasteiger partial charge in [0.2, 0.25) is 0 Å². The first-order valence-corrected chi connectivity index (χ1v) is 6.60. The topological polar surface area (TPSA) is 68.4 Å². The van der Waals surface area contributed by atoms with E-state index in [-0.39, 0.29) is 11.2 Å². The number of rotatable bonds is 3. The summed E-state index contributed by atoms with van der Waals surface area (Å²) in [5.74, 6) is 1.72. The van der Waals surface area contributed by atoms with Crippen molar-refractivity contribution in [3.63, 3.8) is 0 Å². The molecule has 0 atom stereocenters. The van der Waals surface area contributed by atoms with Crippen LogP contribution in [0.5, 0.6) is 0 Å². The van der Waals surface area contributed by atoms with Gasteiger partial charge in [-0.3, -0.25) is 18.9 Å². The number of anilines is 1. The summed E-state index contributed by atoms with van der Waals surface area (Å²) in [5, 5.41) is 3.12. The molecule has 6 heteroatoms. The number of amidine groups is 1. The molecule has 1 aliphatic rings. The van der Waals surface area contributed by atoms with E-state index in [1.165, 1.54) is 13.1 Å². The molecule has 0 aromatic carbocycles. The fourth-order valence-corrected chi connectivity index (χ4v) is 2.10. The van der Waals surface area contributed by atoms with Crippen LogP contribution < -0.4 is 16.6 Å². The Hall–Kier alpha value is -1.85. The highest BCUT2D eigenvalue weighted by atomic mass is 16.2. The average molecular weight is 264 g/mol. The zero-order chi connectivity index (χ0) is 14.0. The minimum Gasteiger partial charge on any atom is -0.330 e. The maximum Gasteiger partial charge on any atom is 0.332 e. The summed E-state index contributed by atoms with van der Waals surface area (Å²) in [5.41, 5.74) is -0.589. The number of nitrogens with zero attached hydrogens (tertiary/aromatic N) is 3. The largest absolute Gasteiger partial charge is 0.332 e. The van der Waals surface area contributed by atoms with Crippen LogP contribution in [0.25, 0.3) is 0 Å². The third-order valence-electron chi connectivity index (χ3n) is 3.09. The Morgan fingerprint density at radius 2 is 2.16 bits per heavy atom. The number of hydrogen-bond donors (Lipinski definition) is 1. The molecule has 2 rings (SSSR count). The second-order valence-electron chi connectivity index (χ2n) is 5.27. The van der Waals surface area contributed by atoms with E-state index in [1.807, 2.05) is 13.8 Å². The van der Waals surface area contributed by atoms with Gasteiger partial charge < -0.3 is 5.32 Å². The van der Waals surface area contributed by atoms with Crippen LogP contribution in [0.2, 0.25) is 0 Å². The highest BCUT2D eigenvalue weighted by Crippen LogP contribution is 2.10. The van der Waals surface area contributed by atoms with E-state index in [4.69, 9.17) is 0 Å². The summed E-state index contributed by atoms with van der Waals surface area (Å²) in [6, 6.07) is 1.46. The summed E-state index contributed by atoms with van der Waals surface area (Å²) in [4.78, 5) is 28.2. The monoisotopic (exact) mass is 264 g/mol. The predicted molar refractivity (Wildman–Crippen MR) is 75.9 cm³/mol. The lowest BCUT2D eigenvalue weighted by molar-refractivity contribution is 0.493. The molecule has 1 aromatic rings. The molecule has 1 aromatic heterocycles. The predicted octanol–water partition coefficient (Wildman–Crippen LogP) is 0.807. The van der Waals surface area contributed by atoms with E-state index in [0.29, 0.717) is 18.3 Å². The number of hydrogen-bond acceptors (Lipinski definition) is 4. The van der Waals surface area contributed by atoms with Crippen LogP contribution in [-0.4, -0.2) is 21.5 Å². The Labute approximate surface area is 111 Å². The van der Waals surface area contributed by atoms with Crippen LogP contribution >= 0.6 is 0 Å². The highest BCUT2D eigenvalue weighted by molar-refractivity contribution is 5.95. The molecule has 0 unspecified atom stereocenters. The van der Waals surface area contributed by atoms with Crippen LogP contribution in [-0.2, 0) is 13.6 Å². The van der Waals surface area contributed by atoms with Gasteiger partial charge >= 0.3 is 5.69 Å². The van der Waals surface area contributed by atoms with Crippen molar-refractivity contribution in [1.29, 1.82) is 0 Å². The Kier molecular flexibility index (Phi) is 3.87. The van der Waals surface area contributed by atoms with Gasteiger partial charge in [0.15, 0.2) is 0 Å². The lowest BCUT2D eigenvalue weighted by Crippen LogP contribution is -2.40. The number of aromatic nitrogens is 2. The molecule has 0 saturated carbocycles. The molecule has 19 heavy (non-hydrogen) atoms. The van der Waals surface area contributed by atoms with Crippen LogP contribution in [0.15, 0.2) is 20.6 Å². The van der Waals surface area contributed by atoms with E-state index in [2.05, 4.69) is 10.3 Å². The molecule has 104 valence electrons. The lowest BCUT2D eigenvalue weighted by atomic mass is 10.2. The Balaban J connectivity index is 2.45. The number of nitrogens with one attached hydrogen (secondary N) is 1. The first kappa shape index (κ1) is 13.6. The fourth-order valence-electron chi connectivity index (χ4n) is 2.10. The normalized spacial score (nSPS) is 14.8. The van der Waals surface area contributed by atoms with Crippen molar-refractivity contribution in [3.8, 4) is 0 Å². The molecule has 0 amide bonds. The van der Waals surface area contributed by atoms with Gasteiger partial charge in [0, 0.05) is 32.6 Å². The zero-order valence-corrected chi connectivity index (χ0v) is 11.6. The van der Waals surface area contributed by atoms with Gasteiger partial charge in [-0.25, -0.2) is 4.79 Å². The van der Waals surface area contributed by atoms with Gasteiger partial charge in [-0.15, -0.1) is 0 Å². The molecule has 0 spiro atoms.